The highest BCUT2D eigenvalue weighted by molar-refractivity contribution is 5.75. The lowest BCUT2D eigenvalue weighted by atomic mass is 10.0. The minimum atomic E-state index is 0.0832. The van der Waals surface area contributed by atoms with Gasteiger partial charge in [0.2, 0.25) is 11.5 Å². The monoisotopic (exact) mass is 644 g/mol. The van der Waals surface area contributed by atoms with E-state index in [1.807, 2.05) is 36.4 Å². The van der Waals surface area contributed by atoms with Crippen LogP contribution in [0.2, 0.25) is 0 Å². The zero-order valence-corrected chi connectivity index (χ0v) is 29.6. The molecular weight excluding hydrogens is 588 g/mol. The van der Waals surface area contributed by atoms with Crippen molar-refractivity contribution in [2.24, 2.45) is 11.8 Å². The Morgan fingerprint density at radius 3 is 1.34 bits per heavy atom. The van der Waals surface area contributed by atoms with Crippen LogP contribution >= 0.6 is 0 Å². The fourth-order valence-electron chi connectivity index (χ4n) is 5.44. The molecule has 0 aliphatic heterocycles. The molecule has 3 rings (SSSR count). The van der Waals surface area contributed by atoms with Gasteiger partial charge >= 0.3 is 0 Å². The first kappa shape index (κ1) is 37.4. The third-order valence-electron chi connectivity index (χ3n) is 8.65. The maximum Gasteiger partial charge on any atom is 0.203 e. The Hall–Kier alpha value is -4.06. The molecule has 1 N–H and O–H groups in total. The molecule has 2 unspecified atom stereocenters. The number of phenolic OH excluding ortho intramolecular Hbond substituents is 1. The van der Waals surface area contributed by atoms with Gasteiger partial charge in [0.1, 0.15) is 0 Å². The second-order valence-electron chi connectivity index (χ2n) is 12.1. The van der Waals surface area contributed by atoms with Crippen molar-refractivity contribution < 1.29 is 28.8 Å². The molecule has 0 saturated heterocycles. The predicted molar refractivity (Wildman–Crippen MR) is 196 cm³/mol. The van der Waals surface area contributed by atoms with Crippen LogP contribution in [0.5, 0.6) is 34.5 Å². The summed E-state index contributed by atoms with van der Waals surface area (Å²) in [6.07, 6.45) is 17.2. The van der Waals surface area contributed by atoms with Gasteiger partial charge in [-0.05, 0) is 71.2 Å². The summed E-state index contributed by atoms with van der Waals surface area (Å²) in [5.74, 6) is 3.96. The van der Waals surface area contributed by atoms with Crippen molar-refractivity contribution in [1.29, 1.82) is 0 Å². The van der Waals surface area contributed by atoms with E-state index in [2.05, 4.69) is 58.0 Å². The van der Waals surface area contributed by atoms with Crippen LogP contribution in [0.1, 0.15) is 101 Å². The minimum Gasteiger partial charge on any atom is -0.504 e. The maximum atomic E-state index is 10.8. The predicted octanol–water partition coefficient (Wildman–Crippen LogP) is 10.9. The molecule has 0 spiro atoms. The van der Waals surface area contributed by atoms with Crippen LogP contribution in [0.25, 0.3) is 24.3 Å². The van der Waals surface area contributed by atoms with Gasteiger partial charge in [0.05, 0.1) is 34.5 Å². The van der Waals surface area contributed by atoms with Crippen LogP contribution in [0.3, 0.4) is 0 Å². The molecule has 6 nitrogen and oxygen atoms in total. The van der Waals surface area contributed by atoms with Gasteiger partial charge in [-0.1, -0.05) is 115 Å². The van der Waals surface area contributed by atoms with Crippen molar-refractivity contribution in [3.63, 3.8) is 0 Å². The van der Waals surface area contributed by atoms with Crippen LogP contribution in [-0.2, 0) is 0 Å². The molecule has 0 fully saturated rings. The van der Waals surface area contributed by atoms with Gasteiger partial charge in [-0.15, -0.1) is 0 Å². The van der Waals surface area contributed by atoms with Crippen molar-refractivity contribution in [2.45, 2.75) is 79.1 Å². The highest BCUT2D eigenvalue weighted by atomic mass is 16.5. The van der Waals surface area contributed by atoms with E-state index in [1.54, 1.807) is 27.4 Å². The summed E-state index contributed by atoms with van der Waals surface area (Å²) >= 11 is 0. The van der Waals surface area contributed by atoms with E-state index in [9.17, 15) is 5.11 Å². The third-order valence-corrected chi connectivity index (χ3v) is 8.65. The summed E-state index contributed by atoms with van der Waals surface area (Å²) in [5, 5.41) is 10.8. The molecule has 0 aromatic heterocycles. The summed E-state index contributed by atoms with van der Waals surface area (Å²) in [4.78, 5) is 0. The van der Waals surface area contributed by atoms with E-state index >= 15 is 0 Å². The highest BCUT2D eigenvalue weighted by Gasteiger charge is 2.17. The standard InChI is InChI=1S/C41H56O6/c1-8-12-14-30(10-3)28-46-40-36(42)24-34(25-37(40)43-5)22-20-32-16-18-33(19-17-32)21-23-35-26-38(44-6)41(39(27-35)45-7)47-29-31(11-4)15-13-9-2/h16-27,30-31,42H,8-15,28-29H2,1-7H3/b22-20+,23-21+. The molecule has 2 atom stereocenters. The first-order chi connectivity index (χ1) is 22.9. The second kappa shape index (κ2) is 20.2. The number of ether oxygens (including phenoxy) is 5. The number of benzene rings is 3. The van der Waals surface area contributed by atoms with Crippen LogP contribution in [0.15, 0.2) is 48.5 Å². The van der Waals surface area contributed by atoms with Crippen LogP contribution in [0.4, 0.5) is 0 Å². The number of hydrogen-bond acceptors (Lipinski definition) is 6. The molecule has 47 heavy (non-hydrogen) atoms. The van der Waals surface area contributed by atoms with E-state index in [0.29, 0.717) is 53.8 Å². The lowest BCUT2D eigenvalue weighted by Gasteiger charge is -2.19. The molecule has 0 radical (unpaired) electrons. The zero-order chi connectivity index (χ0) is 34.0. The third kappa shape index (κ3) is 11.6. The summed E-state index contributed by atoms with van der Waals surface area (Å²) < 4.78 is 29.2. The quantitative estimate of drug-likeness (QED) is 0.116. The van der Waals surface area contributed by atoms with E-state index < -0.39 is 0 Å². The average Bonchev–Trinajstić information content (AvgIpc) is 3.10. The maximum absolute atomic E-state index is 10.8. The van der Waals surface area contributed by atoms with Gasteiger partial charge in [0.25, 0.3) is 0 Å². The molecule has 0 bridgehead atoms. The van der Waals surface area contributed by atoms with Gasteiger partial charge in [-0.25, -0.2) is 0 Å². The first-order valence-electron chi connectivity index (χ1n) is 17.3. The number of methoxy groups -OCH3 is 3. The topological polar surface area (TPSA) is 66.4 Å². The van der Waals surface area contributed by atoms with Crippen molar-refractivity contribution in [3.8, 4) is 34.5 Å². The smallest absolute Gasteiger partial charge is 0.203 e. The minimum absolute atomic E-state index is 0.0832. The van der Waals surface area contributed by atoms with Crippen LogP contribution < -0.4 is 23.7 Å². The van der Waals surface area contributed by atoms with Gasteiger partial charge in [-0.2, -0.15) is 0 Å². The molecule has 3 aromatic carbocycles. The summed E-state index contributed by atoms with van der Waals surface area (Å²) in [6, 6.07) is 15.8. The average molecular weight is 645 g/mol. The van der Waals surface area contributed by atoms with Gasteiger partial charge < -0.3 is 28.8 Å². The second-order valence-corrected chi connectivity index (χ2v) is 12.1. The van der Waals surface area contributed by atoms with E-state index in [-0.39, 0.29) is 5.75 Å². The molecule has 3 aromatic rings. The molecule has 256 valence electrons. The Kier molecular flexibility index (Phi) is 16.1. The lowest BCUT2D eigenvalue weighted by Crippen LogP contribution is -2.12. The van der Waals surface area contributed by atoms with Crippen molar-refractivity contribution in [3.05, 3.63) is 70.8 Å². The van der Waals surface area contributed by atoms with Crippen LogP contribution in [-0.4, -0.2) is 39.6 Å². The van der Waals surface area contributed by atoms with Crippen LogP contribution in [0, 0.1) is 11.8 Å². The summed E-state index contributed by atoms with van der Waals surface area (Å²) in [5.41, 5.74) is 3.89. The van der Waals surface area contributed by atoms with Crippen molar-refractivity contribution in [1.82, 2.24) is 0 Å². The normalized spacial score (nSPS) is 12.7. The molecule has 0 saturated carbocycles. The Labute approximate surface area is 283 Å². The lowest BCUT2D eigenvalue weighted by molar-refractivity contribution is 0.215. The van der Waals surface area contributed by atoms with Crippen molar-refractivity contribution >= 4 is 24.3 Å². The molecule has 0 aliphatic carbocycles. The Morgan fingerprint density at radius 2 is 0.936 bits per heavy atom. The fraction of sp³-hybridized carbons (Fsp3) is 0.463. The molecule has 0 amide bonds. The fourth-order valence-corrected chi connectivity index (χ4v) is 5.44. The SMILES string of the molecule is CCCCC(CC)COc1c(O)cc(/C=C/c2ccc(/C=C/c3cc(OC)c(OCC(CC)CCCC)c(OC)c3)cc2)cc1OC. The van der Waals surface area contributed by atoms with Gasteiger partial charge in [0, 0.05) is 0 Å². The van der Waals surface area contributed by atoms with E-state index in [0.717, 1.165) is 47.9 Å². The molecular formula is C41H56O6. The van der Waals surface area contributed by atoms with Gasteiger partial charge in [0.15, 0.2) is 23.0 Å². The number of rotatable bonds is 21. The number of aromatic hydroxyl groups is 1. The highest BCUT2D eigenvalue weighted by Crippen LogP contribution is 2.40. The zero-order valence-electron chi connectivity index (χ0n) is 29.6. The van der Waals surface area contributed by atoms with E-state index in [1.165, 1.54) is 25.7 Å². The Bertz CT molecular complexity index is 1380. The molecule has 0 aliphatic rings. The van der Waals surface area contributed by atoms with Gasteiger partial charge in [-0.3, -0.25) is 0 Å². The summed E-state index contributed by atoms with van der Waals surface area (Å²) in [7, 11) is 4.92. The Balaban J connectivity index is 1.68. The number of hydrogen-bond donors (Lipinski definition) is 1. The molecule has 6 heteroatoms. The first-order valence-corrected chi connectivity index (χ1v) is 17.3. The molecule has 0 heterocycles. The largest absolute Gasteiger partial charge is 0.504 e. The van der Waals surface area contributed by atoms with Crippen molar-refractivity contribution in [2.75, 3.05) is 34.5 Å². The number of unbranched alkanes of at least 4 members (excludes halogenated alkanes) is 2. The number of phenols is 1. The van der Waals surface area contributed by atoms with E-state index in [4.69, 9.17) is 23.7 Å². The Morgan fingerprint density at radius 1 is 0.553 bits per heavy atom. The summed E-state index contributed by atoms with van der Waals surface area (Å²) in [6.45, 7) is 10.0.